The molecule has 0 aromatic heterocycles. The zero-order chi connectivity index (χ0) is 8.73. The topological polar surface area (TPSA) is 147 Å². The van der Waals surface area contributed by atoms with Gasteiger partial charge in [0.1, 0.15) is 0 Å². The second-order valence-corrected chi connectivity index (χ2v) is 1.13. The monoisotopic (exact) mass is 167 g/mol. The molecule has 0 aliphatic rings. The number of aliphatic carboxylic acids is 3. The molecule has 7 heteroatoms. The van der Waals surface area contributed by atoms with E-state index < -0.39 is 17.9 Å². The molecular weight excluding hydrogens is 158 g/mol. The first-order chi connectivity index (χ1) is 4.37. The summed E-state index contributed by atoms with van der Waals surface area (Å²) in [4.78, 5) is 27.2. The van der Waals surface area contributed by atoms with E-state index >= 15 is 0 Å². The molecule has 0 aliphatic heterocycles. The van der Waals surface area contributed by atoms with Gasteiger partial charge in [-0.2, -0.15) is 0 Å². The minimum atomic E-state index is -1.82. The van der Waals surface area contributed by atoms with Gasteiger partial charge in [0, 0.05) is 6.92 Å². The summed E-state index contributed by atoms with van der Waals surface area (Å²) in [5.74, 6) is -4.48. The Morgan fingerprint density at radius 2 is 1.00 bits per heavy atom. The van der Waals surface area contributed by atoms with Crippen molar-refractivity contribution in [3.63, 3.8) is 0 Å². The van der Waals surface area contributed by atoms with Gasteiger partial charge in [-0.1, -0.05) is 0 Å². The van der Waals surface area contributed by atoms with E-state index in [0.717, 1.165) is 6.92 Å². The van der Waals surface area contributed by atoms with Crippen LogP contribution in [0.5, 0.6) is 0 Å². The molecule has 0 saturated carbocycles. The number of carboxylic acids is 3. The summed E-state index contributed by atoms with van der Waals surface area (Å²) in [6, 6.07) is 0. The summed E-state index contributed by atoms with van der Waals surface area (Å²) in [7, 11) is 0. The number of carbonyl (C=O) groups is 3. The zero-order valence-corrected chi connectivity index (χ0v) is 5.77. The summed E-state index contributed by atoms with van der Waals surface area (Å²) in [6.07, 6.45) is 0. The third kappa shape index (κ3) is 60.5. The van der Waals surface area contributed by atoms with E-state index in [1.54, 1.807) is 0 Å². The van der Waals surface area contributed by atoms with Gasteiger partial charge in [0.05, 0.1) is 0 Å². The number of hydrogen-bond donors (Lipinski definition) is 4. The van der Waals surface area contributed by atoms with Gasteiger partial charge in [-0.25, -0.2) is 9.59 Å². The minimum Gasteiger partial charge on any atom is -0.481 e. The quantitative estimate of drug-likeness (QED) is 0.352. The summed E-state index contributed by atoms with van der Waals surface area (Å²) >= 11 is 0. The molecule has 66 valence electrons. The summed E-state index contributed by atoms with van der Waals surface area (Å²) in [5, 5.41) is 22.2. The van der Waals surface area contributed by atoms with Gasteiger partial charge < -0.3 is 21.5 Å². The fourth-order valence-electron chi connectivity index (χ4n) is 0. The first kappa shape index (κ1) is 16.2. The Morgan fingerprint density at radius 1 is 0.909 bits per heavy atom. The molecular formula is C4H9NO6. The molecule has 0 radical (unpaired) electrons. The second kappa shape index (κ2) is 8.37. The van der Waals surface area contributed by atoms with Gasteiger partial charge in [0.2, 0.25) is 0 Å². The van der Waals surface area contributed by atoms with Crippen LogP contribution in [0.15, 0.2) is 0 Å². The van der Waals surface area contributed by atoms with Crippen LogP contribution >= 0.6 is 0 Å². The van der Waals surface area contributed by atoms with Gasteiger partial charge in [-0.15, -0.1) is 0 Å². The predicted molar refractivity (Wildman–Crippen MR) is 33.6 cm³/mol. The molecule has 0 saturated heterocycles. The number of hydrogen-bond acceptors (Lipinski definition) is 4. The Labute approximate surface area is 61.8 Å². The normalized spacial score (nSPS) is 6.27. The maximum absolute atomic E-state index is 9.10. The van der Waals surface area contributed by atoms with Crippen LogP contribution in [-0.4, -0.2) is 33.2 Å². The molecule has 7 nitrogen and oxygen atoms in total. The van der Waals surface area contributed by atoms with Gasteiger partial charge >= 0.3 is 11.9 Å². The van der Waals surface area contributed by atoms with Crippen LogP contribution in [0.1, 0.15) is 6.92 Å². The fourth-order valence-corrected chi connectivity index (χ4v) is 0. The lowest BCUT2D eigenvalue weighted by molar-refractivity contribution is -0.159. The van der Waals surface area contributed by atoms with E-state index in [0.29, 0.717) is 0 Å². The van der Waals surface area contributed by atoms with Crippen molar-refractivity contribution in [1.29, 1.82) is 0 Å². The third-order valence-corrected chi connectivity index (χ3v) is 0.183. The van der Waals surface area contributed by atoms with Gasteiger partial charge in [-0.05, 0) is 0 Å². The van der Waals surface area contributed by atoms with Gasteiger partial charge in [-0.3, -0.25) is 4.79 Å². The van der Waals surface area contributed by atoms with Gasteiger partial charge in [0.15, 0.2) is 0 Å². The second-order valence-electron chi connectivity index (χ2n) is 1.13. The SMILES string of the molecule is CC(=O)O.N.O=C(O)C(=O)O. The molecule has 0 heterocycles. The van der Waals surface area contributed by atoms with E-state index in [1.165, 1.54) is 0 Å². The highest BCUT2D eigenvalue weighted by atomic mass is 16.4. The maximum atomic E-state index is 9.10. The van der Waals surface area contributed by atoms with Crippen LogP contribution in [0, 0.1) is 0 Å². The highest BCUT2D eigenvalue weighted by molar-refractivity contribution is 6.27. The summed E-state index contributed by atoms with van der Waals surface area (Å²) in [6.45, 7) is 1.08. The standard InChI is InChI=1S/C2H2O4.C2H4O2.H3N/c3-1(4)2(5)6;1-2(3)4;/h(H,3,4)(H,5,6);1H3,(H,3,4);1H3. The molecule has 0 spiro atoms. The molecule has 6 N–H and O–H groups in total. The molecule has 0 fully saturated rings. The molecule has 0 rings (SSSR count). The third-order valence-electron chi connectivity index (χ3n) is 0.183. The van der Waals surface area contributed by atoms with E-state index in [9.17, 15) is 0 Å². The van der Waals surface area contributed by atoms with Crippen molar-refractivity contribution in [2.24, 2.45) is 0 Å². The zero-order valence-electron chi connectivity index (χ0n) is 5.77. The van der Waals surface area contributed by atoms with Crippen molar-refractivity contribution in [3.05, 3.63) is 0 Å². The molecule has 0 aromatic rings. The van der Waals surface area contributed by atoms with E-state index in [4.69, 9.17) is 29.7 Å². The average Bonchev–Trinajstić information content (AvgIpc) is 1.63. The maximum Gasteiger partial charge on any atom is 0.414 e. The van der Waals surface area contributed by atoms with Crippen molar-refractivity contribution >= 4 is 17.9 Å². The molecule has 0 atom stereocenters. The molecule has 0 bridgehead atoms. The molecule has 0 unspecified atom stereocenters. The number of carboxylic acid groups (broad SMARTS) is 3. The number of rotatable bonds is 0. The lowest BCUT2D eigenvalue weighted by Gasteiger charge is -1.72. The van der Waals surface area contributed by atoms with Crippen LogP contribution in [0.25, 0.3) is 0 Å². The van der Waals surface area contributed by atoms with Crippen molar-refractivity contribution in [2.75, 3.05) is 0 Å². The van der Waals surface area contributed by atoms with E-state index in [2.05, 4.69) is 0 Å². The Morgan fingerprint density at radius 3 is 1.00 bits per heavy atom. The Bertz CT molecular complexity index is 137. The van der Waals surface area contributed by atoms with Crippen LogP contribution in [-0.2, 0) is 14.4 Å². The summed E-state index contributed by atoms with van der Waals surface area (Å²) < 4.78 is 0. The van der Waals surface area contributed by atoms with Crippen LogP contribution < -0.4 is 6.15 Å². The largest absolute Gasteiger partial charge is 0.481 e. The highest BCUT2D eigenvalue weighted by Gasteiger charge is 2.04. The lowest BCUT2D eigenvalue weighted by Crippen LogP contribution is -2.09. The first-order valence-electron chi connectivity index (χ1n) is 2.03. The Kier molecular flexibility index (Phi) is 12.3. The van der Waals surface area contributed by atoms with E-state index in [1.807, 2.05) is 0 Å². The molecule has 11 heavy (non-hydrogen) atoms. The predicted octanol–water partition coefficient (Wildman–Crippen LogP) is -0.591. The van der Waals surface area contributed by atoms with Crippen molar-refractivity contribution in [2.45, 2.75) is 6.92 Å². The average molecular weight is 167 g/mol. The van der Waals surface area contributed by atoms with Crippen LogP contribution in [0.3, 0.4) is 0 Å². The molecule has 0 aromatic carbocycles. The Balaban J connectivity index is -0.000000114. The highest BCUT2D eigenvalue weighted by Crippen LogP contribution is 1.56. The fraction of sp³-hybridized carbons (Fsp3) is 0.250. The first-order valence-corrected chi connectivity index (χ1v) is 2.03. The van der Waals surface area contributed by atoms with E-state index in [-0.39, 0.29) is 6.15 Å². The van der Waals surface area contributed by atoms with Gasteiger partial charge in [0.25, 0.3) is 5.97 Å². The smallest absolute Gasteiger partial charge is 0.414 e. The van der Waals surface area contributed by atoms with Crippen LogP contribution in [0.2, 0.25) is 0 Å². The van der Waals surface area contributed by atoms with Crippen molar-refractivity contribution < 1.29 is 29.7 Å². The molecule has 0 aliphatic carbocycles. The van der Waals surface area contributed by atoms with Crippen molar-refractivity contribution in [1.82, 2.24) is 6.15 Å². The summed E-state index contributed by atoms with van der Waals surface area (Å²) in [5.41, 5.74) is 0. The van der Waals surface area contributed by atoms with Crippen LogP contribution in [0.4, 0.5) is 0 Å². The molecule has 0 amide bonds. The lowest BCUT2D eigenvalue weighted by atomic mass is 10.7. The Hall–Kier alpha value is -1.63. The van der Waals surface area contributed by atoms with Crippen molar-refractivity contribution in [3.8, 4) is 0 Å². The minimum absolute atomic E-state index is 0.